The summed E-state index contributed by atoms with van der Waals surface area (Å²) in [7, 11) is 0. The molecule has 14 heteroatoms. The number of halogens is 3. The molecule has 1 saturated carbocycles. The standard InChI is InChI=1S/C27H33F3N8O3/c1-14(2)41-27(40)37-9-3-4-17(13-37)33-25-32-12-21-24(36-25)38(18-7-5-15(6-8-18)23(31)39)26(34-21)35-22-19(29)10-16(28)11-20(22)30/h10-12,14-15,17-18H,3-9,13H2,1-2H3,(H2,31,39)(H,34,35)(H,32,33,36). The highest BCUT2D eigenvalue weighted by molar-refractivity contribution is 5.78. The summed E-state index contributed by atoms with van der Waals surface area (Å²) in [4.78, 5) is 39.4. The van der Waals surface area contributed by atoms with Gasteiger partial charge in [-0.05, 0) is 52.4 Å². The van der Waals surface area contributed by atoms with E-state index in [9.17, 15) is 22.8 Å². The number of hydrogen-bond donors (Lipinski definition) is 3. The number of rotatable bonds is 7. The smallest absolute Gasteiger partial charge is 0.410 e. The number of fused-ring (bicyclic) bond motifs is 1. The second kappa shape index (κ2) is 11.8. The minimum atomic E-state index is -1.11. The minimum Gasteiger partial charge on any atom is -0.447 e. The molecule has 3 heterocycles. The maximum absolute atomic E-state index is 14.5. The Morgan fingerprint density at radius 1 is 1.07 bits per heavy atom. The number of hydrogen-bond acceptors (Lipinski definition) is 8. The average Bonchev–Trinajstić information content (AvgIpc) is 3.27. The van der Waals surface area contributed by atoms with Gasteiger partial charge in [-0.15, -0.1) is 0 Å². The third-order valence-corrected chi connectivity index (χ3v) is 7.49. The summed E-state index contributed by atoms with van der Waals surface area (Å²) >= 11 is 0. The van der Waals surface area contributed by atoms with Crippen molar-refractivity contribution in [3.05, 3.63) is 35.8 Å². The predicted octanol–water partition coefficient (Wildman–Crippen LogP) is 4.63. The number of piperidine rings is 1. The summed E-state index contributed by atoms with van der Waals surface area (Å²) in [5, 5.41) is 5.98. The van der Waals surface area contributed by atoms with Gasteiger partial charge < -0.3 is 26.0 Å². The lowest BCUT2D eigenvalue weighted by molar-refractivity contribution is -0.122. The van der Waals surface area contributed by atoms with Crippen molar-refractivity contribution in [3.8, 4) is 0 Å². The van der Waals surface area contributed by atoms with Gasteiger partial charge in [-0.1, -0.05) is 0 Å². The maximum atomic E-state index is 14.5. The number of amides is 2. The van der Waals surface area contributed by atoms with Gasteiger partial charge in [-0.3, -0.25) is 9.36 Å². The molecule has 4 N–H and O–H groups in total. The first-order chi connectivity index (χ1) is 19.6. The molecule has 1 aliphatic carbocycles. The molecule has 1 atom stereocenters. The molecule has 1 aliphatic heterocycles. The van der Waals surface area contributed by atoms with Crippen molar-refractivity contribution < 1.29 is 27.5 Å². The predicted molar refractivity (Wildman–Crippen MR) is 145 cm³/mol. The van der Waals surface area contributed by atoms with E-state index < -0.39 is 23.1 Å². The number of carbonyl (C=O) groups excluding carboxylic acids is 2. The van der Waals surface area contributed by atoms with Crippen LogP contribution in [-0.2, 0) is 9.53 Å². The molecule has 0 radical (unpaired) electrons. The van der Waals surface area contributed by atoms with Crippen LogP contribution in [0.4, 0.5) is 35.5 Å². The molecule has 11 nitrogen and oxygen atoms in total. The highest BCUT2D eigenvalue weighted by Gasteiger charge is 2.30. The number of likely N-dealkylation sites (tertiary alicyclic amines) is 1. The third kappa shape index (κ3) is 6.30. The van der Waals surface area contributed by atoms with Crippen LogP contribution >= 0.6 is 0 Å². The topological polar surface area (TPSA) is 140 Å². The summed E-state index contributed by atoms with van der Waals surface area (Å²) in [6.45, 7) is 4.60. The molecule has 1 saturated heterocycles. The Hall–Kier alpha value is -4.10. The van der Waals surface area contributed by atoms with Crippen molar-refractivity contribution >= 4 is 40.7 Å². The van der Waals surface area contributed by atoms with E-state index in [2.05, 4.69) is 20.6 Å². The SMILES string of the molecule is CC(C)OC(=O)N1CCCC(Nc2ncc3nc(Nc4c(F)cc(F)cc4F)n(C4CCC(C(N)=O)CC4)c3n2)C1. The Labute approximate surface area is 234 Å². The quantitative estimate of drug-likeness (QED) is 0.371. The van der Waals surface area contributed by atoms with Gasteiger partial charge in [0.1, 0.15) is 17.0 Å². The van der Waals surface area contributed by atoms with Crippen molar-refractivity contribution in [1.82, 2.24) is 24.4 Å². The van der Waals surface area contributed by atoms with Crippen LogP contribution in [0.3, 0.4) is 0 Å². The highest BCUT2D eigenvalue weighted by atomic mass is 19.1. The Balaban J connectivity index is 1.45. The maximum Gasteiger partial charge on any atom is 0.410 e. The molecule has 41 heavy (non-hydrogen) atoms. The average molecular weight is 575 g/mol. The number of anilines is 3. The van der Waals surface area contributed by atoms with Crippen LogP contribution in [0.15, 0.2) is 18.3 Å². The van der Waals surface area contributed by atoms with Gasteiger partial charge in [0.2, 0.25) is 17.8 Å². The number of carbonyl (C=O) groups is 2. The zero-order valence-electron chi connectivity index (χ0n) is 22.9. The van der Waals surface area contributed by atoms with E-state index in [1.807, 2.05) is 0 Å². The van der Waals surface area contributed by atoms with E-state index in [1.54, 1.807) is 23.3 Å². The summed E-state index contributed by atoms with van der Waals surface area (Å²) in [5.74, 6) is -3.45. The molecule has 3 aromatic rings. The molecule has 2 fully saturated rings. The van der Waals surface area contributed by atoms with Gasteiger partial charge in [-0.2, -0.15) is 4.98 Å². The van der Waals surface area contributed by atoms with Crippen LogP contribution in [0, 0.1) is 23.4 Å². The lowest BCUT2D eigenvalue weighted by atomic mass is 9.85. The van der Waals surface area contributed by atoms with E-state index in [-0.39, 0.29) is 42.1 Å². The second-order valence-corrected chi connectivity index (χ2v) is 10.8. The fraction of sp³-hybridized carbons (Fsp3) is 0.519. The molecule has 0 bridgehead atoms. The van der Waals surface area contributed by atoms with Crippen molar-refractivity contribution in [1.29, 1.82) is 0 Å². The Kier molecular flexibility index (Phi) is 8.18. The van der Waals surface area contributed by atoms with E-state index in [0.29, 0.717) is 68.0 Å². The third-order valence-electron chi connectivity index (χ3n) is 7.49. The summed E-state index contributed by atoms with van der Waals surface area (Å²) < 4.78 is 49.7. The first kappa shape index (κ1) is 28.4. The second-order valence-electron chi connectivity index (χ2n) is 10.8. The lowest BCUT2D eigenvalue weighted by Gasteiger charge is -2.33. The van der Waals surface area contributed by atoms with Crippen LogP contribution in [0.25, 0.3) is 11.2 Å². The van der Waals surface area contributed by atoms with Gasteiger partial charge in [0.25, 0.3) is 0 Å². The molecule has 2 aliphatic rings. The molecule has 1 aromatic carbocycles. The first-order valence-electron chi connectivity index (χ1n) is 13.8. The summed E-state index contributed by atoms with van der Waals surface area (Å²) in [5.41, 5.74) is 5.77. The van der Waals surface area contributed by atoms with Crippen molar-refractivity contribution in [2.75, 3.05) is 23.7 Å². The molecule has 0 spiro atoms. The zero-order chi connectivity index (χ0) is 29.3. The van der Waals surface area contributed by atoms with Gasteiger partial charge in [-0.25, -0.2) is 27.9 Å². The van der Waals surface area contributed by atoms with Crippen LogP contribution in [0.2, 0.25) is 0 Å². The minimum absolute atomic E-state index is 0.110. The fourth-order valence-electron chi connectivity index (χ4n) is 5.51. The lowest BCUT2D eigenvalue weighted by Crippen LogP contribution is -2.46. The first-order valence-corrected chi connectivity index (χ1v) is 13.8. The molecular formula is C27H33F3N8O3. The number of nitrogens with two attached hydrogens (primary N) is 1. The van der Waals surface area contributed by atoms with Crippen LogP contribution in [0.1, 0.15) is 58.4 Å². The molecule has 220 valence electrons. The highest BCUT2D eigenvalue weighted by Crippen LogP contribution is 2.37. The molecule has 5 rings (SSSR count). The summed E-state index contributed by atoms with van der Waals surface area (Å²) in [6.07, 6.45) is 4.68. The molecule has 2 amide bonds. The zero-order valence-corrected chi connectivity index (χ0v) is 22.9. The fourth-order valence-corrected chi connectivity index (χ4v) is 5.51. The number of imidazole rings is 1. The number of ether oxygens (including phenoxy) is 1. The van der Waals surface area contributed by atoms with Gasteiger partial charge in [0.05, 0.1) is 12.3 Å². The molecule has 1 unspecified atom stereocenters. The number of primary amides is 1. The Bertz CT molecular complexity index is 1420. The normalized spacial score (nSPS) is 21.2. The number of aromatic nitrogens is 4. The molecule has 2 aromatic heterocycles. The van der Waals surface area contributed by atoms with Crippen molar-refractivity contribution in [3.63, 3.8) is 0 Å². The Morgan fingerprint density at radius 3 is 2.44 bits per heavy atom. The van der Waals surface area contributed by atoms with Gasteiger partial charge in [0.15, 0.2) is 17.3 Å². The number of nitrogens with one attached hydrogen (secondary N) is 2. The van der Waals surface area contributed by atoms with Crippen molar-refractivity contribution in [2.24, 2.45) is 11.7 Å². The van der Waals surface area contributed by atoms with E-state index in [1.165, 1.54) is 6.20 Å². The van der Waals surface area contributed by atoms with Crippen LogP contribution < -0.4 is 16.4 Å². The van der Waals surface area contributed by atoms with Gasteiger partial charge >= 0.3 is 6.09 Å². The number of benzene rings is 1. The summed E-state index contributed by atoms with van der Waals surface area (Å²) in [6, 6.07) is 0.845. The monoisotopic (exact) mass is 574 g/mol. The Morgan fingerprint density at radius 2 is 1.78 bits per heavy atom. The van der Waals surface area contributed by atoms with Crippen LogP contribution in [-0.4, -0.2) is 61.7 Å². The van der Waals surface area contributed by atoms with Gasteiger partial charge in [0, 0.05) is 43.2 Å². The van der Waals surface area contributed by atoms with E-state index in [4.69, 9.17) is 15.5 Å². The van der Waals surface area contributed by atoms with E-state index >= 15 is 0 Å². The van der Waals surface area contributed by atoms with Crippen LogP contribution in [0.5, 0.6) is 0 Å². The number of nitrogens with zero attached hydrogens (tertiary/aromatic N) is 5. The van der Waals surface area contributed by atoms with Crippen molar-refractivity contribution in [2.45, 2.75) is 70.6 Å². The largest absolute Gasteiger partial charge is 0.447 e. The van der Waals surface area contributed by atoms with E-state index in [0.717, 1.165) is 12.8 Å². The molecular weight excluding hydrogens is 541 g/mol.